The summed E-state index contributed by atoms with van der Waals surface area (Å²) in [6.07, 6.45) is 12.7. The molecular weight excluding hydrogens is 304 g/mol. The van der Waals surface area contributed by atoms with Crippen LogP contribution in [0.25, 0.3) is 0 Å². The molecule has 1 nitrogen and oxygen atoms in total. The highest BCUT2D eigenvalue weighted by Crippen LogP contribution is 2.66. The summed E-state index contributed by atoms with van der Waals surface area (Å²) >= 11 is 5.97. The highest BCUT2D eigenvalue weighted by molar-refractivity contribution is 6.64. The number of carbonyl (C=O) groups is 1. The predicted octanol–water partition coefficient (Wildman–Crippen LogP) is 5.97. The Morgan fingerprint density at radius 3 is 2.65 bits per heavy atom. The van der Waals surface area contributed by atoms with Crippen LogP contribution in [0.3, 0.4) is 0 Å². The van der Waals surface area contributed by atoms with Crippen molar-refractivity contribution in [2.24, 2.45) is 40.4 Å². The van der Waals surface area contributed by atoms with Crippen LogP contribution in [-0.2, 0) is 4.79 Å². The molecule has 0 N–H and O–H groups in total. The van der Waals surface area contributed by atoms with Crippen LogP contribution in [0.5, 0.6) is 0 Å². The second kappa shape index (κ2) is 5.35. The lowest BCUT2D eigenvalue weighted by atomic mass is 9.47. The first kappa shape index (κ1) is 16.2. The highest BCUT2D eigenvalue weighted by atomic mass is 35.5. The van der Waals surface area contributed by atoms with Gasteiger partial charge >= 0.3 is 0 Å². The fourth-order valence-corrected chi connectivity index (χ4v) is 7.57. The summed E-state index contributed by atoms with van der Waals surface area (Å²) in [6.45, 7) is 7.35. The van der Waals surface area contributed by atoms with Gasteiger partial charge < -0.3 is 0 Å². The van der Waals surface area contributed by atoms with Gasteiger partial charge in [-0.1, -0.05) is 32.4 Å². The highest BCUT2D eigenvalue weighted by Gasteiger charge is 2.59. The van der Waals surface area contributed by atoms with Crippen LogP contribution in [-0.4, -0.2) is 5.24 Å². The van der Waals surface area contributed by atoms with Crippen LogP contribution in [0.15, 0.2) is 11.6 Å². The van der Waals surface area contributed by atoms with E-state index in [0.717, 1.165) is 24.2 Å². The normalized spacial score (nSPS) is 52.2. The number of hydrogen-bond donors (Lipinski definition) is 0. The summed E-state index contributed by atoms with van der Waals surface area (Å²) in [5, 5.41) is -0.0711. The zero-order valence-corrected chi connectivity index (χ0v) is 15.7. The number of hydrogen-bond acceptors (Lipinski definition) is 1. The van der Waals surface area contributed by atoms with Crippen molar-refractivity contribution in [1.29, 1.82) is 0 Å². The number of allylic oxidation sites excluding steroid dienone is 2. The van der Waals surface area contributed by atoms with Crippen molar-refractivity contribution in [3.8, 4) is 0 Å². The summed E-state index contributed by atoms with van der Waals surface area (Å²) in [5.74, 6) is 3.32. The van der Waals surface area contributed by atoms with Crippen molar-refractivity contribution in [2.45, 2.75) is 72.1 Å². The Kier molecular flexibility index (Phi) is 3.76. The van der Waals surface area contributed by atoms with Crippen LogP contribution in [0.1, 0.15) is 72.1 Å². The van der Waals surface area contributed by atoms with E-state index >= 15 is 0 Å². The van der Waals surface area contributed by atoms with Gasteiger partial charge in [-0.2, -0.15) is 0 Å². The smallest absolute Gasteiger partial charge is 0.225 e. The average molecular weight is 335 g/mol. The molecule has 4 rings (SSSR count). The maximum absolute atomic E-state index is 11.9. The summed E-state index contributed by atoms with van der Waals surface area (Å²) < 4.78 is 0. The Morgan fingerprint density at radius 1 is 1.13 bits per heavy atom. The van der Waals surface area contributed by atoms with Gasteiger partial charge in [-0.15, -0.1) is 0 Å². The van der Waals surface area contributed by atoms with Gasteiger partial charge in [-0.3, -0.25) is 4.79 Å². The largest absolute Gasteiger partial charge is 0.281 e. The first-order valence-electron chi connectivity index (χ1n) is 9.75. The lowest BCUT2D eigenvalue weighted by Gasteiger charge is -2.58. The van der Waals surface area contributed by atoms with Crippen molar-refractivity contribution in [1.82, 2.24) is 0 Å². The van der Waals surface area contributed by atoms with E-state index in [1.807, 2.05) is 0 Å². The molecule has 23 heavy (non-hydrogen) atoms. The summed E-state index contributed by atoms with van der Waals surface area (Å²) in [4.78, 5) is 11.9. The van der Waals surface area contributed by atoms with Gasteiger partial charge in [-0.05, 0) is 97.5 Å². The van der Waals surface area contributed by atoms with Gasteiger partial charge in [0.15, 0.2) is 0 Å². The monoisotopic (exact) mass is 334 g/mol. The Morgan fingerprint density at radius 2 is 1.91 bits per heavy atom. The zero-order chi connectivity index (χ0) is 16.4. The van der Waals surface area contributed by atoms with Gasteiger partial charge in [0.05, 0.1) is 0 Å². The average Bonchev–Trinajstić information content (AvgIpc) is 2.85. The molecule has 0 heterocycles. The molecule has 1 unspecified atom stereocenters. The van der Waals surface area contributed by atoms with E-state index in [0.29, 0.717) is 11.3 Å². The molecule has 0 aliphatic heterocycles. The van der Waals surface area contributed by atoms with Gasteiger partial charge in [-0.25, -0.2) is 0 Å². The van der Waals surface area contributed by atoms with Crippen molar-refractivity contribution in [3.05, 3.63) is 11.6 Å². The number of halogens is 1. The molecular formula is C21H31ClO. The molecule has 3 fully saturated rings. The molecule has 0 saturated heterocycles. The Hall–Kier alpha value is -0.300. The van der Waals surface area contributed by atoms with Gasteiger partial charge in [0.2, 0.25) is 5.24 Å². The third-order valence-corrected chi connectivity index (χ3v) is 8.89. The number of carbonyl (C=O) groups excluding carboxylic acids is 1. The summed E-state index contributed by atoms with van der Waals surface area (Å²) in [6, 6.07) is 0. The SMILES string of the molecule is CC1CC[C@@]2(C)C(=CC[C@H]3[C@@H]4CC[C@H](C(=O)Cl)[C@@]4(C)CC[C@@H]32)C1. The summed E-state index contributed by atoms with van der Waals surface area (Å²) in [5.41, 5.74) is 2.38. The molecule has 0 bridgehead atoms. The molecule has 128 valence electrons. The molecule has 0 aromatic carbocycles. The number of fused-ring (bicyclic) bond motifs is 5. The molecule has 4 aliphatic rings. The minimum absolute atomic E-state index is 0.0711. The quantitative estimate of drug-likeness (QED) is 0.426. The topological polar surface area (TPSA) is 17.1 Å². The van der Waals surface area contributed by atoms with Crippen LogP contribution < -0.4 is 0 Å². The van der Waals surface area contributed by atoms with Crippen molar-refractivity contribution in [3.63, 3.8) is 0 Å². The van der Waals surface area contributed by atoms with Gasteiger partial charge in [0.25, 0.3) is 0 Å². The molecule has 7 atom stereocenters. The van der Waals surface area contributed by atoms with Crippen LogP contribution in [0, 0.1) is 40.4 Å². The minimum atomic E-state index is -0.0711. The zero-order valence-electron chi connectivity index (χ0n) is 14.9. The van der Waals surface area contributed by atoms with E-state index in [9.17, 15) is 4.79 Å². The molecule has 3 saturated carbocycles. The maximum atomic E-state index is 11.9. The first-order chi connectivity index (χ1) is 10.9. The molecule has 0 amide bonds. The predicted molar refractivity (Wildman–Crippen MR) is 95.2 cm³/mol. The molecule has 0 aromatic rings. The van der Waals surface area contributed by atoms with E-state index in [1.54, 1.807) is 5.57 Å². The van der Waals surface area contributed by atoms with E-state index in [4.69, 9.17) is 11.6 Å². The molecule has 4 aliphatic carbocycles. The fraction of sp³-hybridized carbons (Fsp3) is 0.857. The molecule has 0 aromatic heterocycles. The van der Waals surface area contributed by atoms with E-state index < -0.39 is 0 Å². The lowest BCUT2D eigenvalue weighted by molar-refractivity contribution is -0.121. The Balaban J connectivity index is 1.66. The van der Waals surface area contributed by atoms with Gasteiger partial charge in [0.1, 0.15) is 0 Å². The van der Waals surface area contributed by atoms with Gasteiger partial charge in [0, 0.05) is 5.92 Å². The van der Waals surface area contributed by atoms with E-state index in [2.05, 4.69) is 26.8 Å². The second-order valence-electron chi connectivity index (χ2n) is 9.59. The molecule has 2 heteroatoms. The molecule has 0 spiro atoms. The third kappa shape index (κ3) is 2.21. The van der Waals surface area contributed by atoms with Crippen LogP contribution >= 0.6 is 11.6 Å². The van der Waals surface area contributed by atoms with Crippen molar-refractivity contribution in [2.75, 3.05) is 0 Å². The van der Waals surface area contributed by atoms with Crippen LogP contribution in [0.4, 0.5) is 0 Å². The van der Waals surface area contributed by atoms with E-state index in [-0.39, 0.29) is 16.6 Å². The third-order valence-electron chi connectivity index (χ3n) is 8.62. The van der Waals surface area contributed by atoms with Crippen molar-refractivity contribution < 1.29 is 4.79 Å². The minimum Gasteiger partial charge on any atom is -0.281 e. The maximum Gasteiger partial charge on any atom is 0.225 e. The van der Waals surface area contributed by atoms with Crippen LogP contribution in [0.2, 0.25) is 0 Å². The number of rotatable bonds is 1. The lowest BCUT2D eigenvalue weighted by Crippen LogP contribution is -2.50. The van der Waals surface area contributed by atoms with Crippen molar-refractivity contribution >= 4 is 16.8 Å². The summed E-state index contributed by atoms with van der Waals surface area (Å²) in [7, 11) is 0. The second-order valence-corrected chi connectivity index (χ2v) is 9.96. The fourth-order valence-electron chi connectivity index (χ4n) is 7.22. The Labute approximate surface area is 146 Å². The Bertz CT molecular complexity index is 552. The van der Waals surface area contributed by atoms with E-state index in [1.165, 1.54) is 44.9 Å². The standard InChI is InChI=1S/C21H31ClO/c1-13-8-10-20(2)14(12-13)4-5-15-16-6-7-18(19(22)23)21(16,3)11-9-17(15)20/h4,13,15-18H,5-12H2,1-3H3/t13?,15-,16-,17-,18+,20-,21-/m0/s1. The first-order valence-corrected chi connectivity index (χ1v) is 10.1. The molecule has 0 radical (unpaired) electrons.